The minimum atomic E-state index is -4.49. The van der Waals surface area contributed by atoms with Crippen LogP contribution in [-0.2, 0) is 18.6 Å². The van der Waals surface area contributed by atoms with Gasteiger partial charge < -0.3 is 9.13 Å². The monoisotopic (exact) mass is 399 g/mol. The molecule has 0 saturated carbocycles. The first-order chi connectivity index (χ1) is 13.5. The molecular formula is C21H20F3N5. The van der Waals surface area contributed by atoms with Crippen molar-refractivity contribution in [2.45, 2.75) is 32.4 Å². The van der Waals surface area contributed by atoms with Crippen molar-refractivity contribution in [1.29, 1.82) is 0 Å². The van der Waals surface area contributed by atoms with Gasteiger partial charge in [-0.25, -0.2) is 0 Å². The number of benzene rings is 1. The summed E-state index contributed by atoms with van der Waals surface area (Å²) in [6.07, 6.45) is -1.27. The third-order valence-electron chi connectivity index (χ3n) is 4.79. The first kappa shape index (κ1) is 19.2. The minimum absolute atomic E-state index is 0.144. The highest BCUT2D eigenvalue weighted by atomic mass is 19.4. The second kappa shape index (κ2) is 6.43. The fourth-order valence-corrected chi connectivity index (χ4v) is 3.16. The average molecular weight is 399 g/mol. The molecule has 3 aromatic heterocycles. The summed E-state index contributed by atoms with van der Waals surface area (Å²) in [6, 6.07) is 12.5. The van der Waals surface area contributed by atoms with Crippen LogP contribution >= 0.6 is 0 Å². The van der Waals surface area contributed by atoms with Crippen LogP contribution in [0.4, 0.5) is 13.2 Å². The number of halogens is 3. The number of hydrogen-bond acceptors (Lipinski definition) is 2. The molecule has 5 nitrogen and oxygen atoms in total. The zero-order valence-corrected chi connectivity index (χ0v) is 16.5. The predicted molar refractivity (Wildman–Crippen MR) is 102 cm³/mol. The van der Waals surface area contributed by atoms with E-state index < -0.39 is 11.9 Å². The number of H-pyrrole nitrogens is 1. The van der Waals surface area contributed by atoms with Crippen LogP contribution < -0.4 is 4.57 Å². The lowest BCUT2D eigenvalue weighted by Crippen LogP contribution is -2.26. The summed E-state index contributed by atoms with van der Waals surface area (Å²) in [6.45, 7) is 6.12. The van der Waals surface area contributed by atoms with Gasteiger partial charge in [-0.3, -0.25) is 10.1 Å². The van der Waals surface area contributed by atoms with Crippen LogP contribution in [0.1, 0.15) is 32.0 Å². The molecular weight excluding hydrogens is 379 g/mol. The number of nitrogens with zero attached hydrogens (tertiary/aromatic N) is 4. The number of imidazole rings is 1. The maximum Gasteiger partial charge on any atom is 0.432 e. The number of pyridine rings is 1. The smallest absolute Gasteiger partial charge is 0.316 e. The van der Waals surface area contributed by atoms with Crippen LogP contribution in [0.5, 0.6) is 0 Å². The lowest BCUT2D eigenvalue weighted by atomic mass is 9.87. The van der Waals surface area contributed by atoms with E-state index in [1.54, 1.807) is 6.07 Å². The van der Waals surface area contributed by atoms with E-state index in [-0.39, 0.29) is 11.1 Å². The van der Waals surface area contributed by atoms with Gasteiger partial charge in [0.1, 0.15) is 17.2 Å². The number of rotatable bonds is 2. The Morgan fingerprint density at radius 3 is 2.41 bits per heavy atom. The summed E-state index contributed by atoms with van der Waals surface area (Å²) >= 11 is 0. The Balaban J connectivity index is 1.93. The molecule has 8 heteroatoms. The summed E-state index contributed by atoms with van der Waals surface area (Å²) < 4.78 is 42.7. The Morgan fingerprint density at radius 2 is 1.76 bits per heavy atom. The molecule has 0 radical (unpaired) electrons. The molecule has 0 fully saturated rings. The maximum absolute atomic E-state index is 13.0. The molecule has 0 aliphatic carbocycles. The fraction of sp³-hybridized carbons (Fsp3) is 0.286. The molecule has 0 spiro atoms. The summed E-state index contributed by atoms with van der Waals surface area (Å²) in [4.78, 5) is 4.61. The number of hydrogen-bond donors (Lipinski definition) is 1. The normalized spacial score (nSPS) is 12.7. The zero-order valence-electron chi connectivity index (χ0n) is 16.5. The number of aryl methyl sites for hydroxylation is 1. The van der Waals surface area contributed by atoms with Gasteiger partial charge in [-0.15, -0.1) is 0 Å². The number of para-hydroxylation sites is 2. The van der Waals surface area contributed by atoms with Crippen molar-refractivity contribution in [2.75, 3.05) is 0 Å². The van der Waals surface area contributed by atoms with Gasteiger partial charge in [0.25, 0.3) is 0 Å². The van der Waals surface area contributed by atoms with E-state index in [9.17, 15) is 13.2 Å². The molecule has 0 aliphatic rings. The Kier molecular flexibility index (Phi) is 4.25. The number of aromatic amines is 1. The second-order valence-corrected chi connectivity index (χ2v) is 8.00. The van der Waals surface area contributed by atoms with Crippen molar-refractivity contribution in [3.05, 3.63) is 60.0 Å². The Morgan fingerprint density at radius 1 is 1.03 bits per heavy atom. The second-order valence-electron chi connectivity index (χ2n) is 8.00. The third kappa shape index (κ3) is 3.50. The first-order valence-electron chi connectivity index (χ1n) is 9.09. The Labute approximate surface area is 165 Å². The molecule has 0 atom stereocenters. The van der Waals surface area contributed by atoms with E-state index in [0.717, 1.165) is 22.7 Å². The molecule has 3 heterocycles. The Bertz CT molecular complexity index is 1200. The third-order valence-corrected chi connectivity index (χ3v) is 4.79. The highest BCUT2D eigenvalue weighted by Gasteiger charge is 2.33. The van der Waals surface area contributed by atoms with Gasteiger partial charge in [-0.05, 0) is 29.2 Å². The molecule has 4 rings (SSSR count). The lowest BCUT2D eigenvalue weighted by Gasteiger charge is -2.21. The molecule has 0 bridgehead atoms. The number of alkyl halides is 3. The van der Waals surface area contributed by atoms with Crippen molar-refractivity contribution in [2.24, 2.45) is 7.05 Å². The minimum Gasteiger partial charge on any atom is -0.316 e. The zero-order chi connectivity index (χ0) is 21.0. The van der Waals surface area contributed by atoms with E-state index >= 15 is 0 Å². The van der Waals surface area contributed by atoms with E-state index in [1.165, 1.54) is 0 Å². The van der Waals surface area contributed by atoms with Crippen molar-refractivity contribution in [3.8, 4) is 17.2 Å². The molecule has 150 valence electrons. The topological polar surface area (TPSA) is 50.4 Å². The van der Waals surface area contributed by atoms with E-state index in [0.29, 0.717) is 11.5 Å². The van der Waals surface area contributed by atoms with Crippen molar-refractivity contribution in [1.82, 2.24) is 19.7 Å². The van der Waals surface area contributed by atoms with E-state index in [2.05, 4.69) is 21.5 Å². The number of fused-ring (bicyclic) bond motifs is 1. The largest absolute Gasteiger partial charge is 0.432 e. The summed E-state index contributed by atoms with van der Waals surface area (Å²) in [5, 5.41) is 5.91. The van der Waals surface area contributed by atoms with Gasteiger partial charge in [0.05, 0.1) is 23.8 Å². The molecule has 1 N–H and O–H groups in total. The highest BCUT2D eigenvalue weighted by molar-refractivity contribution is 5.73. The van der Waals surface area contributed by atoms with Crippen LogP contribution in [0.15, 0.2) is 42.5 Å². The van der Waals surface area contributed by atoms with Crippen LogP contribution in [0.3, 0.4) is 0 Å². The van der Waals surface area contributed by atoms with Gasteiger partial charge in [0.15, 0.2) is 0 Å². The quantitative estimate of drug-likeness (QED) is 0.402. The van der Waals surface area contributed by atoms with Crippen LogP contribution in [-0.4, -0.2) is 19.7 Å². The maximum atomic E-state index is 13.0. The average Bonchev–Trinajstić information content (AvgIpc) is 3.26. The molecule has 0 amide bonds. The molecule has 0 unspecified atom stereocenters. The summed E-state index contributed by atoms with van der Waals surface area (Å²) in [5.74, 6) is 0.570. The van der Waals surface area contributed by atoms with E-state index in [4.69, 9.17) is 0 Å². The fourth-order valence-electron chi connectivity index (χ4n) is 3.16. The summed E-state index contributed by atoms with van der Waals surface area (Å²) in [5.41, 5.74) is 2.18. The standard InChI is InChI=1S/C21H20F3N5/c1-20(2,3)13-9-14(15-11-18(27-26-15)21(22,23)24)25-19(10-13)29-12-28(4)16-7-5-6-8-17(16)29/h5-11H,1-4H3,(H,26,27). The van der Waals surface area contributed by atoms with E-state index in [1.807, 2.05) is 67.3 Å². The molecule has 1 aromatic carbocycles. The molecule has 0 aliphatic heterocycles. The summed E-state index contributed by atoms with van der Waals surface area (Å²) in [7, 11) is 1.89. The number of aromatic nitrogens is 5. The Hall–Kier alpha value is -3.16. The van der Waals surface area contributed by atoms with Gasteiger partial charge in [0, 0.05) is 0 Å². The molecule has 29 heavy (non-hydrogen) atoms. The first-order valence-corrected chi connectivity index (χ1v) is 9.09. The van der Waals surface area contributed by atoms with Crippen LogP contribution in [0.2, 0.25) is 0 Å². The van der Waals surface area contributed by atoms with Crippen LogP contribution in [0.25, 0.3) is 28.2 Å². The van der Waals surface area contributed by atoms with Crippen LogP contribution in [0, 0.1) is 6.33 Å². The SMILES string of the molecule is C[n+]1[c-]n(-c2cc(C(C)(C)C)cc(-c3cc(C(F)(F)F)[nH]n3)n2)c2ccccc21. The van der Waals surface area contributed by atoms with Gasteiger partial charge in [-0.2, -0.15) is 18.3 Å². The van der Waals surface area contributed by atoms with Gasteiger partial charge >= 0.3 is 6.18 Å². The van der Waals surface area contributed by atoms with Gasteiger partial charge in [-0.1, -0.05) is 45.0 Å². The van der Waals surface area contributed by atoms with Gasteiger partial charge in [0.2, 0.25) is 6.33 Å². The highest BCUT2D eigenvalue weighted by Crippen LogP contribution is 2.32. The molecule has 0 saturated heterocycles. The predicted octanol–water partition coefficient (Wildman–Crippen LogP) is 4.36. The van der Waals surface area contributed by atoms with Crippen molar-refractivity contribution in [3.63, 3.8) is 0 Å². The lowest BCUT2D eigenvalue weighted by molar-refractivity contribution is -0.649. The van der Waals surface area contributed by atoms with Crippen molar-refractivity contribution >= 4 is 11.0 Å². The van der Waals surface area contributed by atoms with Crippen molar-refractivity contribution < 1.29 is 17.7 Å². The molecule has 4 aromatic rings. The number of nitrogens with one attached hydrogen (secondary N) is 1.